The molecule has 37 heavy (non-hydrogen) atoms. The first kappa shape index (κ1) is 23.9. The van der Waals surface area contributed by atoms with Crippen LogP contribution in [0.5, 0.6) is 17.2 Å². The lowest BCUT2D eigenvalue weighted by Gasteiger charge is -2.26. The molecule has 5 rings (SSSR count). The molecule has 2 aliphatic rings. The molecule has 0 aromatic heterocycles. The number of anilines is 1. The average molecular weight is 501 g/mol. The summed E-state index contributed by atoms with van der Waals surface area (Å²) >= 11 is 0. The van der Waals surface area contributed by atoms with E-state index in [4.69, 9.17) is 18.9 Å². The molecule has 1 amide bonds. The minimum atomic E-state index is -0.942. The number of aliphatic hydroxyl groups is 1. The fraction of sp³-hybridized carbons (Fsp3) is 0.179. The molecule has 9 heteroatoms. The molecule has 0 saturated carbocycles. The Kier molecular flexibility index (Phi) is 6.27. The van der Waals surface area contributed by atoms with Gasteiger partial charge < -0.3 is 24.1 Å². The van der Waals surface area contributed by atoms with Gasteiger partial charge in [0.2, 0.25) is 0 Å². The second-order valence-electron chi connectivity index (χ2n) is 8.34. The van der Waals surface area contributed by atoms with E-state index in [1.807, 2.05) is 0 Å². The van der Waals surface area contributed by atoms with E-state index in [0.29, 0.717) is 52.8 Å². The van der Waals surface area contributed by atoms with Gasteiger partial charge in [-0.2, -0.15) is 0 Å². The van der Waals surface area contributed by atoms with Crippen LogP contribution in [-0.4, -0.2) is 50.2 Å². The van der Waals surface area contributed by atoms with Gasteiger partial charge in [-0.25, -0.2) is 4.79 Å². The van der Waals surface area contributed by atoms with Crippen LogP contribution >= 0.6 is 0 Å². The van der Waals surface area contributed by atoms with Gasteiger partial charge in [-0.3, -0.25) is 14.5 Å². The van der Waals surface area contributed by atoms with Crippen LogP contribution in [0, 0.1) is 0 Å². The number of Topliss-reactive ketones (excluding diaryl/α,β-unsaturated/α-hetero) is 1. The summed E-state index contributed by atoms with van der Waals surface area (Å²) in [4.78, 5) is 39.9. The molecule has 2 aliphatic heterocycles. The lowest BCUT2D eigenvalue weighted by Crippen LogP contribution is -2.29. The predicted molar refractivity (Wildman–Crippen MR) is 133 cm³/mol. The molecule has 0 radical (unpaired) electrons. The van der Waals surface area contributed by atoms with Crippen molar-refractivity contribution in [3.05, 3.63) is 89.0 Å². The van der Waals surface area contributed by atoms with Gasteiger partial charge in [-0.05, 0) is 60.2 Å². The van der Waals surface area contributed by atoms with Crippen molar-refractivity contribution in [1.29, 1.82) is 0 Å². The van der Waals surface area contributed by atoms with Crippen LogP contribution in [0.25, 0.3) is 5.76 Å². The topological polar surface area (TPSA) is 112 Å². The van der Waals surface area contributed by atoms with Crippen molar-refractivity contribution in [1.82, 2.24) is 0 Å². The smallest absolute Gasteiger partial charge is 0.337 e. The average Bonchev–Trinajstić information content (AvgIpc) is 3.21. The maximum atomic E-state index is 13.4. The maximum absolute atomic E-state index is 13.4. The van der Waals surface area contributed by atoms with Gasteiger partial charge in [0, 0.05) is 11.3 Å². The Morgan fingerprint density at radius 1 is 0.892 bits per heavy atom. The number of nitrogens with zero attached hydrogens (tertiary/aromatic N) is 1. The minimum Gasteiger partial charge on any atom is -0.507 e. The van der Waals surface area contributed by atoms with E-state index in [-0.39, 0.29) is 11.3 Å². The Bertz CT molecular complexity index is 1410. The van der Waals surface area contributed by atoms with Gasteiger partial charge in [0.15, 0.2) is 11.5 Å². The summed E-state index contributed by atoms with van der Waals surface area (Å²) in [5, 5.41) is 11.4. The summed E-state index contributed by atoms with van der Waals surface area (Å²) in [5.74, 6) is -0.973. The van der Waals surface area contributed by atoms with Crippen molar-refractivity contribution >= 4 is 29.1 Å². The highest BCUT2D eigenvalue weighted by molar-refractivity contribution is 6.51. The number of amides is 1. The Morgan fingerprint density at radius 2 is 1.54 bits per heavy atom. The Balaban J connectivity index is 1.65. The second-order valence-corrected chi connectivity index (χ2v) is 8.34. The zero-order valence-electron chi connectivity index (χ0n) is 20.1. The molecule has 3 aromatic carbocycles. The third kappa shape index (κ3) is 4.24. The van der Waals surface area contributed by atoms with E-state index in [1.54, 1.807) is 54.6 Å². The van der Waals surface area contributed by atoms with Crippen LogP contribution in [0.3, 0.4) is 0 Å². The number of carbonyl (C=O) groups excluding carboxylic acids is 3. The van der Waals surface area contributed by atoms with Gasteiger partial charge in [0.05, 0.1) is 31.4 Å². The largest absolute Gasteiger partial charge is 0.507 e. The van der Waals surface area contributed by atoms with E-state index < -0.39 is 23.7 Å². The number of hydrogen-bond acceptors (Lipinski definition) is 8. The van der Waals surface area contributed by atoms with Crippen LogP contribution in [0.15, 0.2) is 72.3 Å². The fourth-order valence-electron chi connectivity index (χ4n) is 4.42. The summed E-state index contributed by atoms with van der Waals surface area (Å²) in [6.07, 6.45) is 0. The van der Waals surface area contributed by atoms with Crippen LogP contribution in [0.2, 0.25) is 0 Å². The Morgan fingerprint density at radius 3 is 2.19 bits per heavy atom. The second kappa shape index (κ2) is 9.69. The molecule has 1 saturated heterocycles. The van der Waals surface area contributed by atoms with Crippen molar-refractivity contribution in [2.45, 2.75) is 6.04 Å². The molecule has 1 fully saturated rings. The number of fused-ring (bicyclic) bond motifs is 1. The van der Waals surface area contributed by atoms with E-state index in [9.17, 15) is 19.5 Å². The Labute approximate surface area is 212 Å². The molecule has 0 spiro atoms. The molecular weight excluding hydrogens is 478 g/mol. The number of aliphatic hydroxyl groups excluding tert-OH is 1. The first-order valence-corrected chi connectivity index (χ1v) is 11.5. The lowest BCUT2D eigenvalue weighted by atomic mass is 9.95. The lowest BCUT2D eigenvalue weighted by molar-refractivity contribution is -0.132. The fourth-order valence-corrected chi connectivity index (χ4v) is 4.42. The molecule has 2 heterocycles. The number of benzene rings is 3. The summed E-state index contributed by atoms with van der Waals surface area (Å²) in [5.41, 5.74) is 1.47. The van der Waals surface area contributed by atoms with E-state index >= 15 is 0 Å². The number of ether oxygens (including phenoxy) is 4. The summed E-state index contributed by atoms with van der Waals surface area (Å²) in [6.45, 7) is 0.769. The minimum absolute atomic E-state index is 0.0797. The third-order valence-electron chi connectivity index (χ3n) is 6.26. The van der Waals surface area contributed by atoms with Crippen molar-refractivity contribution in [2.75, 3.05) is 32.3 Å². The number of hydrogen-bond donors (Lipinski definition) is 1. The van der Waals surface area contributed by atoms with Crippen LogP contribution in [0.4, 0.5) is 5.69 Å². The van der Waals surface area contributed by atoms with Crippen LogP contribution in [0.1, 0.15) is 27.5 Å². The van der Waals surface area contributed by atoms with Gasteiger partial charge in [0.25, 0.3) is 11.7 Å². The molecule has 1 N–H and O–H groups in total. The van der Waals surface area contributed by atoms with Crippen molar-refractivity contribution in [3.8, 4) is 17.2 Å². The highest BCUT2D eigenvalue weighted by Gasteiger charge is 2.47. The number of ketones is 1. The number of esters is 1. The monoisotopic (exact) mass is 501 g/mol. The predicted octanol–water partition coefficient (Wildman–Crippen LogP) is 3.88. The standard InChI is InChI=1S/C28H23NO8/c1-34-20-10-5-16(6-11-20)24-23(25(30)18-7-12-21-22(15-18)37-14-13-36-21)26(31)27(32)29(24)19-8-3-17(4-9-19)28(33)35-2/h3-12,15,24,30H,13-14H2,1-2H3/b25-23-. The van der Waals surface area contributed by atoms with Crippen molar-refractivity contribution in [3.63, 3.8) is 0 Å². The maximum Gasteiger partial charge on any atom is 0.337 e. The van der Waals surface area contributed by atoms with Gasteiger partial charge in [-0.15, -0.1) is 0 Å². The molecule has 9 nitrogen and oxygen atoms in total. The first-order chi connectivity index (χ1) is 17.9. The molecule has 0 aliphatic carbocycles. The SMILES string of the molecule is COC(=O)c1ccc(N2C(=O)C(=O)/C(=C(\O)c3ccc4c(c3)OCCO4)C2c2ccc(OC)cc2)cc1. The number of carbonyl (C=O) groups is 3. The van der Waals surface area contributed by atoms with Gasteiger partial charge in [0.1, 0.15) is 24.7 Å². The van der Waals surface area contributed by atoms with E-state index in [2.05, 4.69) is 0 Å². The summed E-state index contributed by atoms with van der Waals surface area (Å²) < 4.78 is 21.2. The van der Waals surface area contributed by atoms with Crippen molar-refractivity contribution in [2.24, 2.45) is 0 Å². The Hall–Kier alpha value is -4.79. The zero-order chi connectivity index (χ0) is 26.1. The molecule has 188 valence electrons. The van der Waals surface area contributed by atoms with Crippen molar-refractivity contribution < 1.29 is 38.4 Å². The highest BCUT2D eigenvalue weighted by atomic mass is 16.6. The van der Waals surface area contributed by atoms with Crippen LogP contribution in [-0.2, 0) is 14.3 Å². The summed E-state index contributed by atoms with van der Waals surface area (Å²) in [7, 11) is 2.81. The molecule has 1 atom stereocenters. The zero-order valence-corrected chi connectivity index (χ0v) is 20.1. The van der Waals surface area contributed by atoms with Gasteiger partial charge >= 0.3 is 5.97 Å². The normalized spacial score (nSPS) is 18.0. The quantitative estimate of drug-likeness (QED) is 0.243. The molecular formula is C28H23NO8. The van der Waals surface area contributed by atoms with Gasteiger partial charge in [-0.1, -0.05) is 12.1 Å². The number of rotatable bonds is 5. The molecule has 3 aromatic rings. The third-order valence-corrected chi connectivity index (χ3v) is 6.26. The van der Waals surface area contributed by atoms with Crippen LogP contribution < -0.4 is 19.1 Å². The molecule has 1 unspecified atom stereocenters. The highest BCUT2D eigenvalue weighted by Crippen LogP contribution is 2.43. The van der Waals surface area contributed by atoms with E-state index in [1.165, 1.54) is 31.3 Å². The number of methoxy groups -OCH3 is 2. The van der Waals surface area contributed by atoms with E-state index in [0.717, 1.165) is 0 Å². The molecule has 0 bridgehead atoms. The first-order valence-electron chi connectivity index (χ1n) is 11.5. The summed E-state index contributed by atoms with van der Waals surface area (Å²) in [6, 6.07) is 16.9.